The van der Waals surface area contributed by atoms with Gasteiger partial charge in [0.2, 0.25) is 5.95 Å². The number of hydrogen-bond donors (Lipinski definition) is 1. The van der Waals surface area contributed by atoms with Crippen molar-refractivity contribution in [3.05, 3.63) is 45.8 Å². The molecule has 0 bridgehead atoms. The fourth-order valence-electron chi connectivity index (χ4n) is 2.27. The number of fused-ring (bicyclic) bond motifs is 1. The minimum absolute atomic E-state index is 0.270. The van der Waals surface area contributed by atoms with E-state index in [4.69, 9.17) is 5.73 Å². The number of benzene rings is 2. The average Bonchev–Trinajstić information content (AvgIpc) is 2.74. The molecule has 0 atom stereocenters. The Bertz CT molecular complexity index is 826. The maximum absolute atomic E-state index is 13.9. The molecule has 0 spiro atoms. The van der Waals surface area contributed by atoms with E-state index in [2.05, 4.69) is 4.98 Å². The van der Waals surface area contributed by atoms with Gasteiger partial charge in [0.25, 0.3) is 0 Å². The van der Waals surface area contributed by atoms with Crippen LogP contribution in [0.2, 0.25) is 0 Å². The lowest BCUT2D eigenvalue weighted by Gasteiger charge is -2.14. The lowest BCUT2D eigenvalue weighted by Crippen LogP contribution is -2.09. The molecule has 1 heterocycles. The average molecular weight is 396 g/mol. The minimum Gasteiger partial charge on any atom is -0.378 e. The summed E-state index contributed by atoms with van der Waals surface area (Å²) in [4.78, 5) is 6.32. The Hall–Kier alpha value is -1.83. The minimum atomic E-state index is -0.270. The quantitative estimate of drug-likeness (QED) is 0.676. The first-order valence-corrected chi connectivity index (χ1v) is 7.46. The summed E-state index contributed by atoms with van der Waals surface area (Å²) in [6.07, 6.45) is 0. The predicted octanol–water partition coefficient (Wildman–Crippen LogP) is 3.42. The van der Waals surface area contributed by atoms with Crippen molar-refractivity contribution >= 4 is 45.3 Å². The summed E-state index contributed by atoms with van der Waals surface area (Å²) in [5.41, 5.74) is 9.29. The van der Waals surface area contributed by atoms with Crippen LogP contribution in [0, 0.1) is 9.39 Å². The highest BCUT2D eigenvalue weighted by Crippen LogP contribution is 2.27. The number of imidazole rings is 1. The van der Waals surface area contributed by atoms with Gasteiger partial charge in [0.1, 0.15) is 5.82 Å². The molecule has 1 aromatic heterocycles. The molecule has 21 heavy (non-hydrogen) atoms. The van der Waals surface area contributed by atoms with Crippen LogP contribution in [-0.2, 0) is 0 Å². The van der Waals surface area contributed by atoms with Gasteiger partial charge in [-0.05, 0) is 46.9 Å². The first-order chi connectivity index (χ1) is 9.97. The number of aromatic nitrogens is 2. The van der Waals surface area contributed by atoms with Crippen LogP contribution in [0.3, 0.4) is 0 Å². The second-order valence-electron chi connectivity index (χ2n) is 4.97. The van der Waals surface area contributed by atoms with Crippen LogP contribution in [0.4, 0.5) is 16.0 Å². The van der Waals surface area contributed by atoms with Crippen LogP contribution >= 0.6 is 22.6 Å². The Morgan fingerprint density at radius 2 is 2.00 bits per heavy atom. The fourth-order valence-corrected chi connectivity index (χ4v) is 2.72. The number of nitrogens with zero attached hydrogens (tertiary/aromatic N) is 3. The number of halogens is 2. The fraction of sp³-hybridized carbons (Fsp3) is 0.133. The van der Waals surface area contributed by atoms with Crippen LogP contribution in [0.5, 0.6) is 0 Å². The molecule has 0 aliphatic carbocycles. The normalized spacial score (nSPS) is 11.0. The molecule has 6 heteroatoms. The van der Waals surface area contributed by atoms with Gasteiger partial charge in [0.05, 0.1) is 20.3 Å². The van der Waals surface area contributed by atoms with E-state index in [-0.39, 0.29) is 5.82 Å². The van der Waals surface area contributed by atoms with Crippen molar-refractivity contribution in [3.63, 3.8) is 0 Å². The topological polar surface area (TPSA) is 47.1 Å². The molecule has 0 aliphatic heterocycles. The standard InChI is InChI=1S/C15H14FIN4/c1-20(2)9-4-3-5-10(6-9)21-14-7-11(16)12(17)8-13(14)19-15(21)18/h3-8H,1-2H3,(H2,18,19). The largest absolute Gasteiger partial charge is 0.378 e. The van der Waals surface area contributed by atoms with Gasteiger partial charge in [0.15, 0.2) is 0 Å². The van der Waals surface area contributed by atoms with E-state index in [1.54, 1.807) is 10.6 Å². The van der Waals surface area contributed by atoms with Gasteiger partial charge in [-0.1, -0.05) is 6.07 Å². The van der Waals surface area contributed by atoms with E-state index in [1.807, 2.05) is 65.9 Å². The third-order valence-corrected chi connectivity index (χ3v) is 4.15. The molecule has 0 radical (unpaired) electrons. The smallest absolute Gasteiger partial charge is 0.205 e. The molecule has 3 rings (SSSR count). The first-order valence-electron chi connectivity index (χ1n) is 6.38. The summed E-state index contributed by atoms with van der Waals surface area (Å²) >= 11 is 1.95. The molecule has 0 saturated heterocycles. The van der Waals surface area contributed by atoms with Crippen molar-refractivity contribution in [2.24, 2.45) is 0 Å². The van der Waals surface area contributed by atoms with Gasteiger partial charge in [0, 0.05) is 25.8 Å². The van der Waals surface area contributed by atoms with Gasteiger partial charge in [-0.3, -0.25) is 4.57 Å². The summed E-state index contributed by atoms with van der Waals surface area (Å²) in [5, 5.41) is 0. The molecule has 3 aromatic rings. The number of rotatable bonds is 2. The van der Waals surface area contributed by atoms with Crippen molar-refractivity contribution in [2.75, 3.05) is 24.7 Å². The summed E-state index contributed by atoms with van der Waals surface area (Å²) in [6.45, 7) is 0. The van der Waals surface area contributed by atoms with Crippen LogP contribution in [0.1, 0.15) is 0 Å². The number of hydrogen-bond acceptors (Lipinski definition) is 3. The van der Waals surface area contributed by atoms with Crippen molar-refractivity contribution in [3.8, 4) is 5.69 Å². The van der Waals surface area contributed by atoms with Gasteiger partial charge in [-0.15, -0.1) is 0 Å². The van der Waals surface area contributed by atoms with Gasteiger partial charge < -0.3 is 10.6 Å². The molecule has 0 fully saturated rings. The van der Waals surface area contributed by atoms with Gasteiger partial charge >= 0.3 is 0 Å². The number of nitrogens with two attached hydrogens (primary N) is 1. The van der Waals surface area contributed by atoms with Crippen molar-refractivity contribution in [2.45, 2.75) is 0 Å². The first kappa shape index (κ1) is 14.1. The summed E-state index contributed by atoms with van der Waals surface area (Å²) < 4.78 is 16.2. The van der Waals surface area contributed by atoms with E-state index in [0.29, 0.717) is 20.6 Å². The lowest BCUT2D eigenvalue weighted by molar-refractivity contribution is 0.622. The Kier molecular flexibility index (Phi) is 3.48. The van der Waals surface area contributed by atoms with Crippen molar-refractivity contribution < 1.29 is 4.39 Å². The zero-order chi connectivity index (χ0) is 15.1. The van der Waals surface area contributed by atoms with Crippen LogP contribution in [-0.4, -0.2) is 23.6 Å². The van der Waals surface area contributed by atoms with E-state index in [0.717, 1.165) is 11.4 Å². The third-order valence-electron chi connectivity index (χ3n) is 3.33. The maximum Gasteiger partial charge on any atom is 0.205 e. The zero-order valence-corrected chi connectivity index (χ0v) is 13.8. The molecule has 2 N–H and O–H groups in total. The SMILES string of the molecule is CN(C)c1cccc(-n2c(N)nc3cc(I)c(F)cc32)c1. The third kappa shape index (κ3) is 2.44. The van der Waals surface area contributed by atoms with Crippen LogP contribution in [0.25, 0.3) is 16.7 Å². The molecule has 4 nitrogen and oxygen atoms in total. The Morgan fingerprint density at radius 3 is 2.71 bits per heavy atom. The van der Waals surface area contributed by atoms with Gasteiger partial charge in [-0.25, -0.2) is 9.37 Å². The molecule has 108 valence electrons. The molecule has 2 aromatic carbocycles. The molecular formula is C15H14FIN4. The van der Waals surface area contributed by atoms with Crippen LogP contribution < -0.4 is 10.6 Å². The number of anilines is 2. The Morgan fingerprint density at radius 1 is 1.24 bits per heavy atom. The summed E-state index contributed by atoms with van der Waals surface area (Å²) in [7, 11) is 3.94. The van der Waals surface area contributed by atoms with E-state index in [1.165, 1.54) is 6.07 Å². The number of nitrogen functional groups attached to an aromatic ring is 1. The Balaban J connectivity index is 2.27. The zero-order valence-electron chi connectivity index (χ0n) is 11.6. The monoisotopic (exact) mass is 396 g/mol. The van der Waals surface area contributed by atoms with E-state index >= 15 is 0 Å². The van der Waals surface area contributed by atoms with Gasteiger partial charge in [-0.2, -0.15) is 0 Å². The molecule has 0 saturated carbocycles. The molecular weight excluding hydrogens is 382 g/mol. The van der Waals surface area contributed by atoms with Crippen molar-refractivity contribution in [1.82, 2.24) is 9.55 Å². The molecule has 0 unspecified atom stereocenters. The van der Waals surface area contributed by atoms with Crippen LogP contribution in [0.15, 0.2) is 36.4 Å². The second-order valence-corrected chi connectivity index (χ2v) is 6.14. The summed E-state index contributed by atoms with van der Waals surface area (Å²) in [5.74, 6) is 0.0790. The molecule has 0 amide bonds. The maximum atomic E-state index is 13.9. The summed E-state index contributed by atoms with van der Waals surface area (Å²) in [6, 6.07) is 11.0. The highest BCUT2D eigenvalue weighted by atomic mass is 127. The Labute approximate surface area is 135 Å². The van der Waals surface area contributed by atoms with Crippen molar-refractivity contribution in [1.29, 1.82) is 0 Å². The molecule has 0 aliphatic rings. The highest BCUT2D eigenvalue weighted by Gasteiger charge is 2.13. The second kappa shape index (κ2) is 5.18. The predicted molar refractivity (Wildman–Crippen MR) is 92.5 cm³/mol. The van der Waals surface area contributed by atoms with E-state index in [9.17, 15) is 4.39 Å². The van der Waals surface area contributed by atoms with E-state index < -0.39 is 0 Å². The highest BCUT2D eigenvalue weighted by molar-refractivity contribution is 14.1. The lowest BCUT2D eigenvalue weighted by atomic mass is 10.2.